The highest BCUT2D eigenvalue weighted by atomic mass is 16.5. The quantitative estimate of drug-likeness (QED) is 0.379. The maximum Gasteiger partial charge on any atom is 0.243 e. The Morgan fingerprint density at radius 3 is 2.63 bits per heavy atom. The van der Waals surface area contributed by atoms with E-state index in [9.17, 15) is 14.7 Å². The Labute approximate surface area is 256 Å². The van der Waals surface area contributed by atoms with Crippen molar-refractivity contribution in [2.45, 2.75) is 89.6 Å². The summed E-state index contributed by atoms with van der Waals surface area (Å²) in [6, 6.07) is 14.6. The predicted molar refractivity (Wildman–Crippen MR) is 169 cm³/mol. The maximum absolute atomic E-state index is 13.9. The lowest BCUT2D eigenvalue weighted by Gasteiger charge is -2.35. The van der Waals surface area contributed by atoms with Gasteiger partial charge in [-0.2, -0.15) is 0 Å². The fourth-order valence-electron chi connectivity index (χ4n) is 6.18. The maximum atomic E-state index is 13.9. The SMILES string of the molecule is CCCCC(C)(C)C(=O)N(C)[C@H]1CC=CCO[C@@H]2C[C@H](NC[C@@H](O)[C@H](Cc3ccccc3)NC1=O)c1cc(OC)ccc12. The molecule has 3 N–H and O–H groups in total. The molecule has 2 aromatic carbocycles. The molecule has 2 aromatic rings. The van der Waals surface area contributed by atoms with Crippen LogP contribution in [0, 0.1) is 5.41 Å². The molecule has 1 aliphatic heterocycles. The largest absolute Gasteiger partial charge is 0.497 e. The Hall–Kier alpha value is -3.20. The van der Waals surface area contributed by atoms with Gasteiger partial charge in [-0.05, 0) is 54.5 Å². The van der Waals surface area contributed by atoms with Crippen LogP contribution in [0.1, 0.15) is 81.7 Å². The van der Waals surface area contributed by atoms with Crippen LogP contribution in [0.3, 0.4) is 0 Å². The Morgan fingerprint density at radius 1 is 1.14 bits per heavy atom. The molecule has 8 nitrogen and oxygen atoms in total. The lowest BCUT2D eigenvalue weighted by atomic mass is 9.85. The first-order valence-electron chi connectivity index (χ1n) is 15.6. The van der Waals surface area contributed by atoms with Crippen molar-refractivity contribution in [2.75, 3.05) is 27.3 Å². The van der Waals surface area contributed by atoms with Crippen molar-refractivity contribution in [3.63, 3.8) is 0 Å². The number of hydrogen-bond donors (Lipinski definition) is 3. The van der Waals surface area contributed by atoms with E-state index in [0.717, 1.165) is 48.1 Å². The van der Waals surface area contributed by atoms with Crippen LogP contribution in [0.4, 0.5) is 0 Å². The summed E-state index contributed by atoms with van der Waals surface area (Å²) in [7, 11) is 3.37. The molecule has 0 saturated carbocycles. The van der Waals surface area contributed by atoms with E-state index in [1.165, 1.54) is 0 Å². The molecule has 0 radical (unpaired) electrons. The first-order chi connectivity index (χ1) is 20.6. The molecule has 0 unspecified atom stereocenters. The Morgan fingerprint density at radius 2 is 1.91 bits per heavy atom. The second kappa shape index (κ2) is 15.0. The van der Waals surface area contributed by atoms with E-state index in [2.05, 4.69) is 23.6 Å². The highest BCUT2D eigenvalue weighted by Gasteiger charge is 2.37. The molecule has 5 atom stereocenters. The van der Waals surface area contributed by atoms with Crippen molar-refractivity contribution in [3.8, 4) is 5.75 Å². The van der Waals surface area contributed by atoms with Crippen LogP contribution in [0.25, 0.3) is 0 Å². The molecule has 0 fully saturated rings. The van der Waals surface area contributed by atoms with Gasteiger partial charge in [-0.15, -0.1) is 0 Å². The molecule has 1 heterocycles. The molecule has 4 rings (SSSR count). The van der Waals surface area contributed by atoms with Crippen LogP contribution < -0.4 is 15.4 Å². The third-order valence-corrected chi connectivity index (χ3v) is 8.87. The summed E-state index contributed by atoms with van der Waals surface area (Å²) in [4.78, 5) is 29.2. The van der Waals surface area contributed by atoms with Gasteiger partial charge in [-0.1, -0.05) is 82.2 Å². The number of carbonyl (C=O) groups excluding carboxylic acids is 2. The van der Waals surface area contributed by atoms with Crippen molar-refractivity contribution in [1.82, 2.24) is 15.5 Å². The summed E-state index contributed by atoms with van der Waals surface area (Å²) in [6.45, 7) is 6.67. The van der Waals surface area contributed by atoms with Crippen LogP contribution >= 0.6 is 0 Å². The van der Waals surface area contributed by atoms with Crippen LogP contribution in [0.2, 0.25) is 0 Å². The van der Waals surface area contributed by atoms with E-state index in [1.807, 2.05) is 68.5 Å². The average Bonchev–Trinajstić information content (AvgIpc) is 3.35. The average molecular weight is 592 g/mol. The van der Waals surface area contributed by atoms with Crippen LogP contribution in [0.5, 0.6) is 5.75 Å². The summed E-state index contributed by atoms with van der Waals surface area (Å²) >= 11 is 0. The number of methoxy groups -OCH3 is 1. The minimum absolute atomic E-state index is 0.0335. The Balaban J connectivity index is 1.63. The number of aliphatic hydroxyl groups excluding tert-OH is 1. The van der Waals surface area contributed by atoms with Gasteiger partial charge >= 0.3 is 0 Å². The number of rotatable bonds is 8. The Bertz CT molecular complexity index is 1250. The van der Waals surface area contributed by atoms with Crippen LogP contribution in [-0.4, -0.2) is 67.3 Å². The molecule has 2 bridgehead atoms. The van der Waals surface area contributed by atoms with Gasteiger partial charge in [0.1, 0.15) is 11.8 Å². The molecule has 8 heteroatoms. The van der Waals surface area contributed by atoms with Gasteiger partial charge in [-0.3, -0.25) is 9.59 Å². The van der Waals surface area contributed by atoms with Crippen molar-refractivity contribution in [2.24, 2.45) is 5.41 Å². The van der Waals surface area contributed by atoms with Crippen LogP contribution in [-0.2, 0) is 20.7 Å². The van der Waals surface area contributed by atoms with E-state index in [-0.39, 0.29) is 30.5 Å². The molecule has 234 valence electrons. The second-order valence-electron chi connectivity index (χ2n) is 12.5. The number of benzene rings is 2. The van der Waals surface area contributed by atoms with Gasteiger partial charge in [0.25, 0.3) is 0 Å². The molecule has 2 amide bonds. The van der Waals surface area contributed by atoms with Gasteiger partial charge in [0.2, 0.25) is 11.8 Å². The molecule has 0 aromatic heterocycles. The fraction of sp³-hybridized carbons (Fsp3) is 0.543. The Kier molecular flexibility index (Phi) is 11.4. The molecule has 2 aliphatic rings. The first kappa shape index (κ1) is 32.7. The zero-order valence-electron chi connectivity index (χ0n) is 26.3. The molecule has 0 spiro atoms. The minimum atomic E-state index is -0.874. The number of carbonyl (C=O) groups is 2. The van der Waals surface area contributed by atoms with Gasteiger partial charge < -0.3 is 30.1 Å². The van der Waals surface area contributed by atoms with Crippen LogP contribution in [0.15, 0.2) is 60.7 Å². The summed E-state index contributed by atoms with van der Waals surface area (Å²) in [5, 5.41) is 18.2. The highest BCUT2D eigenvalue weighted by molar-refractivity contribution is 5.90. The normalized spacial score (nSPS) is 24.8. The standard InChI is InChI=1S/C35H49N3O5/c1-6-7-18-35(2,3)34(41)38(4)30-15-11-12-19-43-32-22-28(27-21-25(42-5)16-17-26(27)32)36-23-31(39)29(37-33(30)40)20-24-13-9-8-10-14-24/h8-14,16-17,21,28-32,36,39H,6-7,15,18-20,22-23H2,1-5H3,(H,37,40)/t28-,29-,30-,31+,32+/m0/s1. The second-order valence-corrected chi connectivity index (χ2v) is 12.5. The van der Waals surface area contributed by atoms with E-state index >= 15 is 0 Å². The lowest BCUT2D eigenvalue weighted by molar-refractivity contribution is -0.146. The van der Waals surface area contributed by atoms with Crippen molar-refractivity contribution < 1.29 is 24.2 Å². The summed E-state index contributed by atoms with van der Waals surface area (Å²) < 4.78 is 11.8. The number of nitrogens with one attached hydrogen (secondary N) is 2. The minimum Gasteiger partial charge on any atom is -0.497 e. The summed E-state index contributed by atoms with van der Waals surface area (Å²) in [6.07, 6.45) is 7.10. The number of ether oxygens (including phenoxy) is 2. The number of amides is 2. The summed E-state index contributed by atoms with van der Waals surface area (Å²) in [5.74, 6) is 0.437. The van der Waals surface area contributed by atoms with E-state index in [4.69, 9.17) is 9.47 Å². The van der Waals surface area contributed by atoms with Crippen molar-refractivity contribution >= 4 is 11.8 Å². The van der Waals surface area contributed by atoms with Gasteiger partial charge in [0.05, 0.1) is 32.0 Å². The number of unbranched alkanes of at least 4 members (excludes halogenated alkanes) is 1. The van der Waals surface area contributed by atoms with E-state index in [1.54, 1.807) is 19.1 Å². The monoisotopic (exact) mass is 591 g/mol. The number of nitrogens with zero attached hydrogens (tertiary/aromatic N) is 1. The highest BCUT2D eigenvalue weighted by Crippen LogP contribution is 2.42. The third-order valence-electron chi connectivity index (χ3n) is 8.87. The summed E-state index contributed by atoms with van der Waals surface area (Å²) in [5.41, 5.74) is 2.63. The number of fused-ring (bicyclic) bond motifs is 5. The molecular weight excluding hydrogens is 542 g/mol. The molecular formula is C35H49N3O5. The molecule has 1 aliphatic carbocycles. The number of β-amino-alcohol motifs (C(OH)–C–C–N with tert-alkyl or cyclic N) is 1. The zero-order chi connectivity index (χ0) is 31.0. The lowest BCUT2D eigenvalue weighted by Crippen LogP contribution is -2.56. The third kappa shape index (κ3) is 8.25. The van der Waals surface area contributed by atoms with E-state index < -0.39 is 23.6 Å². The molecule has 43 heavy (non-hydrogen) atoms. The number of hydrogen-bond acceptors (Lipinski definition) is 6. The molecule has 0 saturated heterocycles. The fourth-order valence-corrected chi connectivity index (χ4v) is 6.18. The smallest absolute Gasteiger partial charge is 0.243 e. The topological polar surface area (TPSA) is 100 Å². The van der Waals surface area contributed by atoms with Crippen molar-refractivity contribution in [1.29, 1.82) is 0 Å². The number of aliphatic hydroxyl groups is 1. The van der Waals surface area contributed by atoms with Gasteiger partial charge in [0.15, 0.2) is 0 Å². The number of likely N-dealkylation sites (N-methyl/N-ethyl adjacent to an activating group) is 1. The van der Waals surface area contributed by atoms with Gasteiger partial charge in [-0.25, -0.2) is 0 Å². The van der Waals surface area contributed by atoms with Crippen molar-refractivity contribution in [3.05, 3.63) is 77.4 Å². The predicted octanol–water partition coefficient (Wildman–Crippen LogP) is 4.88. The van der Waals surface area contributed by atoms with E-state index in [0.29, 0.717) is 19.4 Å². The first-order valence-corrected chi connectivity index (χ1v) is 15.6. The zero-order valence-corrected chi connectivity index (χ0v) is 26.3. The van der Waals surface area contributed by atoms with Gasteiger partial charge in [0, 0.05) is 25.0 Å².